The second-order valence-electron chi connectivity index (χ2n) is 12.5. The summed E-state index contributed by atoms with van der Waals surface area (Å²) in [5.41, 5.74) is 8.55. The Hall–Kier alpha value is -2.30. The zero-order valence-corrected chi connectivity index (χ0v) is 26.0. The molecule has 10 nitrogen and oxygen atoms in total. The van der Waals surface area contributed by atoms with E-state index in [0.717, 1.165) is 35.5 Å². The highest BCUT2D eigenvalue weighted by Crippen LogP contribution is 2.45. The molecule has 0 radical (unpaired) electrons. The van der Waals surface area contributed by atoms with Gasteiger partial charge in [-0.05, 0) is 69.6 Å². The van der Waals surface area contributed by atoms with Gasteiger partial charge < -0.3 is 19.7 Å². The molecule has 0 aliphatic carbocycles. The Labute approximate surface area is 247 Å². The van der Waals surface area contributed by atoms with Gasteiger partial charge in [0.15, 0.2) is 0 Å². The number of esters is 1. The number of azide groups is 1. The quantitative estimate of drug-likeness (QED) is 0.0993. The number of ketones is 1. The van der Waals surface area contributed by atoms with Crippen molar-refractivity contribution < 1.29 is 29.3 Å². The maximum atomic E-state index is 13.9. The molecule has 0 aromatic carbocycles. The molecule has 1 aromatic heterocycles. The summed E-state index contributed by atoms with van der Waals surface area (Å²) in [6.45, 7) is 11.4. The van der Waals surface area contributed by atoms with Gasteiger partial charge in [0.05, 0.1) is 46.5 Å². The van der Waals surface area contributed by atoms with Crippen LogP contribution in [-0.4, -0.2) is 63.5 Å². The summed E-state index contributed by atoms with van der Waals surface area (Å²) in [6, 6.07) is 0. The number of aliphatic hydroxyl groups excluding tert-OH is 2. The molecule has 3 heterocycles. The molecule has 2 saturated heterocycles. The van der Waals surface area contributed by atoms with Gasteiger partial charge >= 0.3 is 5.97 Å². The van der Waals surface area contributed by atoms with Crippen LogP contribution in [0.15, 0.2) is 16.1 Å². The largest absolute Gasteiger partial charge is 0.458 e. The van der Waals surface area contributed by atoms with Crippen LogP contribution in [0.3, 0.4) is 0 Å². The summed E-state index contributed by atoms with van der Waals surface area (Å²) in [7, 11) is 0. The van der Waals surface area contributed by atoms with Gasteiger partial charge in [-0.25, -0.2) is 4.98 Å². The first-order valence-corrected chi connectivity index (χ1v) is 15.6. The Morgan fingerprint density at radius 2 is 2.02 bits per heavy atom. The number of aromatic nitrogens is 1. The number of Topliss-reactive ketones (excluding diaryl/α,β-unsaturated/α-hetero) is 1. The summed E-state index contributed by atoms with van der Waals surface area (Å²) in [5.74, 6) is -1.74. The van der Waals surface area contributed by atoms with Crippen LogP contribution in [0.1, 0.15) is 96.7 Å². The van der Waals surface area contributed by atoms with Crippen molar-refractivity contribution in [1.82, 2.24) is 4.98 Å². The Morgan fingerprint density at radius 3 is 2.68 bits per heavy atom. The zero-order valence-electron chi connectivity index (χ0n) is 25.2. The molecule has 41 heavy (non-hydrogen) atoms. The number of cyclic esters (lactones) is 1. The first-order valence-electron chi connectivity index (χ1n) is 14.7. The molecule has 2 fully saturated rings. The van der Waals surface area contributed by atoms with Crippen molar-refractivity contribution in [1.29, 1.82) is 0 Å². The number of ether oxygens (including phenoxy) is 2. The average molecular weight is 591 g/mol. The predicted molar refractivity (Wildman–Crippen MR) is 158 cm³/mol. The minimum atomic E-state index is -1.29. The number of rotatable bonds is 7. The van der Waals surface area contributed by atoms with E-state index < -0.39 is 35.6 Å². The van der Waals surface area contributed by atoms with Crippen molar-refractivity contribution in [2.45, 2.75) is 123 Å². The number of fused-ring (bicyclic) bond motifs is 1. The average Bonchev–Trinajstić information content (AvgIpc) is 3.35. The van der Waals surface area contributed by atoms with Crippen molar-refractivity contribution in [3.8, 4) is 0 Å². The molecule has 3 rings (SSSR count). The van der Waals surface area contributed by atoms with E-state index in [4.69, 9.17) is 15.0 Å². The van der Waals surface area contributed by atoms with E-state index in [9.17, 15) is 19.8 Å². The van der Waals surface area contributed by atoms with E-state index in [2.05, 4.69) is 21.9 Å². The summed E-state index contributed by atoms with van der Waals surface area (Å²) in [4.78, 5) is 34.3. The van der Waals surface area contributed by atoms with E-state index in [-0.39, 0.29) is 29.8 Å². The maximum absolute atomic E-state index is 13.9. The third-order valence-corrected chi connectivity index (χ3v) is 9.63. The second kappa shape index (κ2) is 14.2. The fourth-order valence-electron chi connectivity index (χ4n) is 5.75. The summed E-state index contributed by atoms with van der Waals surface area (Å²) in [5, 5.41) is 28.9. The second-order valence-corrected chi connectivity index (χ2v) is 13.6. The van der Waals surface area contributed by atoms with Crippen LogP contribution in [-0.2, 0) is 19.1 Å². The molecule has 2 N–H and O–H groups in total. The van der Waals surface area contributed by atoms with E-state index in [1.54, 1.807) is 25.2 Å². The van der Waals surface area contributed by atoms with Crippen LogP contribution in [0.25, 0.3) is 16.5 Å². The van der Waals surface area contributed by atoms with Crippen molar-refractivity contribution in [2.75, 3.05) is 6.54 Å². The lowest BCUT2D eigenvalue weighted by Gasteiger charge is -2.36. The highest BCUT2D eigenvalue weighted by Gasteiger charge is 2.53. The van der Waals surface area contributed by atoms with Crippen LogP contribution in [0.5, 0.6) is 0 Å². The molecular weight excluding hydrogens is 544 g/mol. The van der Waals surface area contributed by atoms with Gasteiger partial charge in [-0.2, -0.15) is 0 Å². The first-order chi connectivity index (χ1) is 19.3. The molecule has 0 amide bonds. The number of epoxide rings is 1. The standard InChI is InChI=1S/C30H46N4O6S/c1-18-10-9-12-30(6)25(40-30)15-23(19(2)14-21-17-41-20(3)33-21)39-26(36)16-24(35)29(4,5)28(38)22(27(18)37)11-7-8-13-32-34-31/h14,17-18,22-25,27,35,37H,7-13,15-16H2,1-6H3/b19-14+/t18-,22+,23-,24-,25-,27-,30?/m0/s1. The summed E-state index contributed by atoms with van der Waals surface area (Å²) < 4.78 is 12.0. The van der Waals surface area contributed by atoms with E-state index in [0.29, 0.717) is 32.2 Å². The minimum absolute atomic E-state index is 0.0827. The Bertz CT molecular complexity index is 1150. The lowest BCUT2D eigenvalue weighted by atomic mass is 9.71. The lowest BCUT2D eigenvalue weighted by molar-refractivity contribution is -0.154. The Morgan fingerprint density at radius 1 is 1.29 bits per heavy atom. The first kappa shape index (κ1) is 33.2. The van der Waals surface area contributed by atoms with Gasteiger partial charge in [0.25, 0.3) is 0 Å². The van der Waals surface area contributed by atoms with Crippen LogP contribution >= 0.6 is 11.3 Å². The fourth-order valence-corrected chi connectivity index (χ4v) is 6.33. The molecule has 1 unspecified atom stereocenters. The van der Waals surface area contributed by atoms with Gasteiger partial charge in [-0.15, -0.1) is 11.3 Å². The fraction of sp³-hybridized carbons (Fsp3) is 0.767. The van der Waals surface area contributed by atoms with Crippen molar-refractivity contribution in [3.05, 3.63) is 32.1 Å². The molecule has 2 aliphatic heterocycles. The molecule has 11 heteroatoms. The predicted octanol–water partition coefficient (Wildman–Crippen LogP) is 5.94. The number of hydrogen-bond donors (Lipinski definition) is 2. The maximum Gasteiger partial charge on any atom is 0.309 e. The van der Waals surface area contributed by atoms with Crippen LogP contribution in [0, 0.1) is 24.2 Å². The third kappa shape index (κ3) is 8.85. The van der Waals surface area contributed by atoms with E-state index in [1.807, 2.05) is 32.2 Å². The van der Waals surface area contributed by atoms with Gasteiger partial charge in [0.1, 0.15) is 11.9 Å². The highest BCUT2D eigenvalue weighted by molar-refractivity contribution is 7.09. The normalized spacial score (nSPS) is 33.4. The molecule has 7 atom stereocenters. The number of nitrogens with zero attached hydrogens (tertiary/aromatic N) is 4. The SMILES string of the molecule is C/C(=C\c1csc(C)n1)[C@@H]1C[C@@H]2OC2(C)CCC[C@H](C)[C@H](O)[C@@H](CCCCN=[N+]=[N-])C(=O)C(C)(C)[C@@H](O)CC(=O)O1. The zero-order chi connectivity index (χ0) is 30.4. The topological polar surface area (TPSA) is 158 Å². The van der Waals surface area contributed by atoms with E-state index in [1.165, 1.54) is 0 Å². The number of hydrogen-bond acceptors (Lipinski definition) is 9. The number of unbranched alkanes of at least 4 members (excludes halogenated alkanes) is 1. The number of carbonyl (C=O) groups is 2. The molecular formula is C30H46N4O6S. The summed E-state index contributed by atoms with van der Waals surface area (Å²) in [6.07, 6.45) is 3.13. The number of carbonyl (C=O) groups excluding carboxylic acids is 2. The number of aryl methyl sites for hydroxylation is 1. The summed E-state index contributed by atoms with van der Waals surface area (Å²) >= 11 is 1.55. The van der Waals surface area contributed by atoms with Gasteiger partial charge in [0, 0.05) is 29.2 Å². The minimum Gasteiger partial charge on any atom is -0.458 e. The Balaban J connectivity index is 1.85. The van der Waals surface area contributed by atoms with E-state index >= 15 is 0 Å². The van der Waals surface area contributed by atoms with Gasteiger partial charge in [-0.3, -0.25) is 9.59 Å². The molecule has 2 aliphatic rings. The van der Waals surface area contributed by atoms with Crippen molar-refractivity contribution >= 4 is 29.2 Å². The molecule has 0 spiro atoms. The molecule has 228 valence electrons. The van der Waals surface area contributed by atoms with Crippen LogP contribution in [0.4, 0.5) is 0 Å². The highest BCUT2D eigenvalue weighted by atomic mass is 32.1. The van der Waals surface area contributed by atoms with Crippen molar-refractivity contribution in [2.24, 2.45) is 22.4 Å². The smallest absolute Gasteiger partial charge is 0.309 e. The Kier molecular flexibility index (Phi) is 11.5. The monoisotopic (exact) mass is 590 g/mol. The number of thiazole rings is 1. The van der Waals surface area contributed by atoms with Crippen LogP contribution in [0.2, 0.25) is 0 Å². The molecule has 0 saturated carbocycles. The van der Waals surface area contributed by atoms with Gasteiger partial charge in [0.2, 0.25) is 0 Å². The molecule has 0 bridgehead atoms. The van der Waals surface area contributed by atoms with Crippen molar-refractivity contribution in [3.63, 3.8) is 0 Å². The van der Waals surface area contributed by atoms with Gasteiger partial charge in [-0.1, -0.05) is 38.7 Å². The molecule has 1 aromatic rings. The van der Waals surface area contributed by atoms with Crippen LogP contribution < -0.4 is 0 Å². The third-order valence-electron chi connectivity index (χ3n) is 8.84. The number of aliphatic hydroxyl groups is 2. The lowest BCUT2D eigenvalue weighted by Crippen LogP contribution is -2.46.